The molecule has 1 amide bonds. The second-order valence-corrected chi connectivity index (χ2v) is 4.39. The summed E-state index contributed by atoms with van der Waals surface area (Å²) in [4.78, 5) is 11.6. The van der Waals surface area contributed by atoms with Gasteiger partial charge in [-0.15, -0.1) is 0 Å². The maximum Gasteiger partial charge on any atom is 0.227 e. The zero-order valence-electron chi connectivity index (χ0n) is 9.75. The van der Waals surface area contributed by atoms with Gasteiger partial charge in [-0.05, 0) is 24.5 Å². The monoisotopic (exact) mass is 219 g/mol. The van der Waals surface area contributed by atoms with Crippen molar-refractivity contribution in [3.63, 3.8) is 0 Å². The van der Waals surface area contributed by atoms with Crippen LogP contribution in [0.25, 0.3) is 0 Å². The summed E-state index contributed by atoms with van der Waals surface area (Å²) in [5.41, 5.74) is 1.99. The molecule has 0 atom stereocenters. The molecular formula is C13H17NO2. The maximum absolute atomic E-state index is 11.6. The molecule has 0 aliphatic carbocycles. The minimum atomic E-state index is -0.0144. The number of benzene rings is 1. The average molecular weight is 219 g/mol. The van der Waals surface area contributed by atoms with Crippen LogP contribution in [0.5, 0.6) is 5.75 Å². The number of carbonyl (C=O) groups excluding carboxylic acids is 1. The molecule has 0 fully saturated rings. The molecule has 0 radical (unpaired) electrons. The predicted octanol–water partition coefficient (Wildman–Crippen LogP) is 2.61. The Morgan fingerprint density at radius 2 is 2.25 bits per heavy atom. The van der Waals surface area contributed by atoms with Crippen molar-refractivity contribution >= 4 is 11.6 Å². The van der Waals surface area contributed by atoms with Crippen molar-refractivity contribution in [1.29, 1.82) is 0 Å². The van der Waals surface area contributed by atoms with Crippen LogP contribution in [-0.2, 0) is 11.2 Å². The molecule has 0 saturated carbocycles. The van der Waals surface area contributed by atoms with Gasteiger partial charge >= 0.3 is 0 Å². The Bertz CT molecular complexity index is 399. The van der Waals surface area contributed by atoms with E-state index in [9.17, 15) is 4.79 Å². The quantitative estimate of drug-likeness (QED) is 0.830. The van der Waals surface area contributed by atoms with Gasteiger partial charge in [0.05, 0.1) is 12.3 Å². The summed E-state index contributed by atoms with van der Waals surface area (Å²) >= 11 is 0. The van der Waals surface area contributed by atoms with Crippen LogP contribution >= 0.6 is 0 Å². The van der Waals surface area contributed by atoms with Gasteiger partial charge in [0.1, 0.15) is 5.75 Å². The van der Waals surface area contributed by atoms with Crippen molar-refractivity contribution in [3.8, 4) is 5.75 Å². The molecule has 1 N–H and O–H groups in total. The van der Waals surface area contributed by atoms with Gasteiger partial charge in [-0.1, -0.05) is 26.0 Å². The summed E-state index contributed by atoms with van der Waals surface area (Å²) in [6.45, 7) is 4.50. The van der Waals surface area contributed by atoms with E-state index in [1.165, 1.54) is 5.56 Å². The van der Waals surface area contributed by atoms with Gasteiger partial charge in [-0.3, -0.25) is 4.79 Å². The molecule has 86 valence electrons. The van der Waals surface area contributed by atoms with E-state index < -0.39 is 0 Å². The third-order valence-electron chi connectivity index (χ3n) is 2.72. The van der Waals surface area contributed by atoms with Crippen molar-refractivity contribution in [2.45, 2.75) is 26.7 Å². The first-order valence-corrected chi connectivity index (χ1v) is 5.74. The number of nitrogens with one attached hydrogen (secondary N) is 1. The summed E-state index contributed by atoms with van der Waals surface area (Å²) in [6, 6.07) is 5.91. The highest BCUT2D eigenvalue weighted by atomic mass is 16.5. The lowest BCUT2D eigenvalue weighted by Gasteiger charge is -2.20. The van der Waals surface area contributed by atoms with Crippen LogP contribution in [0.1, 0.15) is 25.8 Å². The number of para-hydroxylation sites is 1. The number of amides is 1. The lowest BCUT2D eigenvalue weighted by molar-refractivity contribution is -0.118. The number of aryl methyl sites for hydroxylation is 1. The minimum Gasteiger partial charge on any atom is -0.491 e. The smallest absolute Gasteiger partial charge is 0.227 e. The van der Waals surface area contributed by atoms with E-state index in [4.69, 9.17) is 4.74 Å². The average Bonchev–Trinajstić information content (AvgIpc) is 2.29. The van der Waals surface area contributed by atoms with Crippen molar-refractivity contribution in [3.05, 3.63) is 23.8 Å². The Hall–Kier alpha value is -1.51. The summed E-state index contributed by atoms with van der Waals surface area (Å²) < 4.78 is 5.62. The van der Waals surface area contributed by atoms with E-state index in [0.717, 1.165) is 30.9 Å². The van der Waals surface area contributed by atoms with Crippen LogP contribution in [0.4, 0.5) is 5.69 Å². The lowest BCUT2D eigenvalue weighted by atomic mass is 10.0. The zero-order valence-corrected chi connectivity index (χ0v) is 9.75. The Morgan fingerprint density at radius 1 is 1.44 bits per heavy atom. The lowest BCUT2D eigenvalue weighted by Crippen LogP contribution is -2.19. The fourth-order valence-electron chi connectivity index (χ4n) is 1.76. The van der Waals surface area contributed by atoms with Gasteiger partial charge in [-0.2, -0.15) is 0 Å². The first-order chi connectivity index (χ1) is 7.68. The van der Waals surface area contributed by atoms with Crippen LogP contribution in [0.15, 0.2) is 18.2 Å². The van der Waals surface area contributed by atoms with E-state index in [-0.39, 0.29) is 11.8 Å². The predicted molar refractivity (Wildman–Crippen MR) is 63.7 cm³/mol. The molecule has 1 heterocycles. The highest BCUT2D eigenvalue weighted by molar-refractivity contribution is 5.93. The first kappa shape index (κ1) is 11.0. The van der Waals surface area contributed by atoms with Crippen LogP contribution in [0.3, 0.4) is 0 Å². The summed E-state index contributed by atoms with van der Waals surface area (Å²) in [7, 11) is 0. The summed E-state index contributed by atoms with van der Waals surface area (Å²) in [5, 5.41) is 2.91. The molecule has 1 aromatic carbocycles. The van der Waals surface area contributed by atoms with E-state index in [1.54, 1.807) is 0 Å². The van der Waals surface area contributed by atoms with E-state index >= 15 is 0 Å². The van der Waals surface area contributed by atoms with Gasteiger partial charge in [0, 0.05) is 5.92 Å². The van der Waals surface area contributed by atoms with E-state index in [0.29, 0.717) is 0 Å². The van der Waals surface area contributed by atoms with Crippen molar-refractivity contribution in [2.75, 3.05) is 11.9 Å². The first-order valence-electron chi connectivity index (χ1n) is 5.74. The number of carbonyl (C=O) groups is 1. The van der Waals surface area contributed by atoms with Crippen LogP contribution in [0, 0.1) is 5.92 Å². The fourth-order valence-corrected chi connectivity index (χ4v) is 1.76. The van der Waals surface area contributed by atoms with Gasteiger partial charge in [-0.25, -0.2) is 0 Å². The zero-order chi connectivity index (χ0) is 11.5. The second-order valence-electron chi connectivity index (χ2n) is 4.39. The molecule has 0 bridgehead atoms. The highest BCUT2D eigenvalue weighted by Gasteiger charge is 2.16. The van der Waals surface area contributed by atoms with Gasteiger partial charge in [0.15, 0.2) is 0 Å². The Balaban J connectivity index is 2.24. The number of rotatable bonds is 2. The molecule has 3 heteroatoms. The molecule has 1 aliphatic heterocycles. The van der Waals surface area contributed by atoms with E-state index in [1.807, 2.05) is 26.0 Å². The van der Waals surface area contributed by atoms with Crippen molar-refractivity contribution in [2.24, 2.45) is 5.92 Å². The fraction of sp³-hybridized carbons (Fsp3) is 0.462. The molecular weight excluding hydrogens is 202 g/mol. The Morgan fingerprint density at radius 3 is 3.00 bits per heavy atom. The largest absolute Gasteiger partial charge is 0.491 e. The molecule has 1 aliphatic rings. The van der Waals surface area contributed by atoms with Crippen LogP contribution in [-0.4, -0.2) is 12.5 Å². The molecule has 16 heavy (non-hydrogen) atoms. The van der Waals surface area contributed by atoms with Gasteiger partial charge in [0.25, 0.3) is 0 Å². The number of ether oxygens (including phenoxy) is 1. The number of hydrogen-bond donors (Lipinski definition) is 1. The summed E-state index contributed by atoms with van der Waals surface area (Å²) in [6.07, 6.45) is 2.08. The van der Waals surface area contributed by atoms with Crippen LogP contribution in [0.2, 0.25) is 0 Å². The number of anilines is 1. The van der Waals surface area contributed by atoms with Gasteiger partial charge < -0.3 is 10.1 Å². The Kier molecular flexibility index (Phi) is 3.13. The molecule has 3 nitrogen and oxygen atoms in total. The minimum absolute atomic E-state index is 0.0144. The van der Waals surface area contributed by atoms with Crippen LogP contribution < -0.4 is 10.1 Å². The molecule has 0 spiro atoms. The van der Waals surface area contributed by atoms with E-state index in [2.05, 4.69) is 11.4 Å². The second kappa shape index (κ2) is 4.56. The number of hydrogen-bond acceptors (Lipinski definition) is 2. The standard InChI is InChI=1S/C13H17NO2/c1-9(2)13(15)14-11-7-3-5-10-6-4-8-16-12(10)11/h3,5,7,9H,4,6,8H2,1-2H3,(H,14,15). The third-order valence-corrected chi connectivity index (χ3v) is 2.72. The summed E-state index contributed by atoms with van der Waals surface area (Å²) in [5.74, 6) is 0.866. The third kappa shape index (κ3) is 2.18. The molecule has 1 aromatic rings. The van der Waals surface area contributed by atoms with Gasteiger partial charge in [0.2, 0.25) is 5.91 Å². The highest BCUT2D eigenvalue weighted by Crippen LogP contribution is 2.32. The number of fused-ring (bicyclic) bond motifs is 1. The molecule has 0 aromatic heterocycles. The topological polar surface area (TPSA) is 38.3 Å². The SMILES string of the molecule is CC(C)C(=O)Nc1cccc2c1OCCC2. The molecule has 2 rings (SSSR count). The molecule has 0 unspecified atom stereocenters. The van der Waals surface area contributed by atoms with Crippen molar-refractivity contribution in [1.82, 2.24) is 0 Å². The maximum atomic E-state index is 11.6. The Labute approximate surface area is 95.8 Å². The normalized spacial score (nSPS) is 14.2. The van der Waals surface area contributed by atoms with Crippen molar-refractivity contribution < 1.29 is 9.53 Å². The molecule has 0 saturated heterocycles.